The van der Waals surface area contributed by atoms with E-state index in [0.717, 1.165) is 29.3 Å². The third kappa shape index (κ3) is 4.07. The number of alkyl halides is 3. The maximum absolute atomic E-state index is 12.7. The summed E-state index contributed by atoms with van der Waals surface area (Å²) in [5.41, 5.74) is 4.20. The van der Waals surface area contributed by atoms with Crippen molar-refractivity contribution in [1.82, 2.24) is 19.6 Å². The molecule has 27 heavy (non-hydrogen) atoms. The second-order valence-electron chi connectivity index (χ2n) is 6.47. The number of anilines is 1. The van der Waals surface area contributed by atoms with E-state index in [1.807, 2.05) is 32.9 Å². The van der Waals surface area contributed by atoms with E-state index in [9.17, 15) is 13.2 Å². The Morgan fingerprint density at radius 2 is 1.96 bits per heavy atom. The van der Waals surface area contributed by atoms with Gasteiger partial charge in [-0.1, -0.05) is 0 Å². The second kappa shape index (κ2) is 6.98. The van der Waals surface area contributed by atoms with E-state index >= 15 is 0 Å². The van der Waals surface area contributed by atoms with Crippen LogP contribution in [0, 0.1) is 6.92 Å². The third-order valence-electron chi connectivity index (χ3n) is 3.94. The Morgan fingerprint density at radius 1 is 1.22 bits per heavy atom. The summed E-state index contributed by atoms with van der Waals surface area (Å²) in [6.07, 6.45) is 0.505. The van der Waals surface area contributed by atoms with Crippen LogP contribution in [0.2, 0.25) is 0 Å². The number of nitrogens with zero attached hydrogens (tertiary/aromatic N) is 5. The number of nitrogens with one attached hydrogen (secondary N) is 1. The van der Waals surface area contributed by atoms with Crippen molar-refractivity contribution in [3.8, 4) is 11.1 Å². The third-order valence-corrected chi connectivity index (χ3v) is 3.94. The average molecular weight is 376 g/mol. The van der Waals surface area contributed by atoms with E-state index in [4.69, 9.17) is 0 Å². The van der Waals surface area contributed by atoms with Crippen molar-refractivity contribution in [2.24, 2.45) is 4.99 Å². The molecule has 0 fully saturated rings. The molecule has 0 aliphatic carbocycles. The fourth-order valence-electron chi connectivity index (χ4n) is 2.53. The smallest absolute Gasteiger partial charge is 0.341 e. The number of aryl methyl sites for hydroxylation is 1. The average Bonchev–Trinajstić information content (AvgIpc) is 2.98. The Hall–Kier alpha value is -2.97. The molecule has 9 heteroatoms. The van der Waals surface area contributed by atoms with Gasteiger partial charge in [0.15, 0.2) is 5.82 Å². The van der Waals surface area contributed by atoms with Crippen molar-refractivity contribution >= 4 is 23.0 Å². The van der Waals surface area contributed by atoms with Gasteiger partial charge in [0, 0.05) is 29.2 Å². The molecule has 3 heterocycles. The van der Waals surface area contributed by atoms with Crippen LogP contribution in [0.1, 0.15) is 26.3 Å². The predicted octanol–water partition coefficient (Wildman–Crippen LogP) is 4.57. The highest BCUT2D eigenvalue weighted by Crippen LogP contribution is 2.28. The highest BCUT2D eigenvalue weighted by molar-refractivity contribution is 5.83. The first-order valence-corrected chi connectivity index (χ1v) is 8.31. The van der Waals surface area contributed by atoms with Crippen LogP contribution >= 0.6 is 0 Å². The summed E-state index contributed by atoms with van der Waals surface area (Å²) in [5.74, 6) is 0.568. The summed E-state index contributed by atoms with van der Waals surface area (Å²) in [4.78, 5) is 12.8. The van der Waals surface area contributed by atoms with Crippen LogP contribution in [0.25, 0.3) is 16.6 Å². The zero-order valence-corrected chi connectivity index (χ0v) is 15.3. The highest BCUT2D eigenvalue weighted by atomic mass is 19.4. The molecule has 3 aromatic heterocycles. The van der Waals surface area contributed by atoms with Gasteiger partial charge < -0.3 is 5.32 Å². The van der Waals surface area contributed by atoms with Gasteiger partial charge in [-0.25, -0.2) is 19.5 Å². The number of aliphatic imine (C=N–C) groups is 1. The molecule has 0 saturated heterocycles. The molecular weight excluding hydrogens is 357 g/mol. The number of fused-ring (bicyclic) bond motifs is 1. The summed E-state index contributed by atoms with van der Waals surface area (Å²) < 4.78 is 39.5. The van der Waals surface area contributed by atoms with E-state index in [1.54, 1.807) is 12.4 Å². The van der Waals surface area contributed by atoms with Crippen LogP contribution in [-0.2, 0) is 0 Å². The summed E-state index contributed by atoms with van der Waals surface area (Å²) >= 11 is 0. The summed E-state index contributed by atoms with van der Waals surface area (Å²) in [6.45, 7) is 6.75. The lowest BCUT2D eigenvalue weighted by Gasteiger charge is -2.16. The minimum atomic E-state index is -4.37. The van der Waals surface area contributed by atoms with Crippen LogP contribution in [0.4, 0.5) is 24.9 Å². The fourth-order valence-corrected chi connectivity index (χ4v) is 2.53. The molecule has 0 aliphatic rings. The zero-order valence-electron chi connectivity index (χ0n) is 15.3. The number of pyridine rings is 1. The normalized spacial score (nSPS) is 12.9. The zero-order chi connectivity index (χ0) is 19.8. The van der Waals surface area contributed by atoms with E-state index in [-0.39, 0.29) is 5.95 Å². The van der Waals surface area contributed by atoms with Gasteiger partial charge in [-0.2, -0.15) is 13.2 Å². The Bertz CT molecular complexity index is 1000. The van der Waals surface area contributed by atoms with Crippen molar-refractivity contribution in [1.29, 1.82) is 0 Å². The lowest BCUT2D eigenvalue weighted by molar-refractivity contribution is -0.138. The molecule has 0 unspecified atom stereocenters. The monoisotopic (exact) mass is 376 g/mol. The summed E-state index contributed by atoms with van der Waals surface area (Å²) in [6, 6.07) is 2.04. The molecule has 1 atom stereocenters. The molecule has 0 amide bonds. The van der Waals surface area contributed by atoms with Crippen LogP contribution in [0.15, 0.2) is 35.7 Å². The second-order valence-corrected chi connectivity index (χ2v) is 6.47. The Labute approximate surface area is 154 Å². The molecule has 6 nitrogen and oxygen atoms in total. The van der Waals surface area contributed by atoms with E-state index in [0.29, 0.717) is 11.3 Å². The first kappa shape index (κ1) is 18.8. The van der Waals surface area contributed by atoms with Crippen molar-refractivity contribution in [3.05, 3.63) is 36.3 Å². The summed E-state index contributed by atoms with van der Waals surface area (Å²) in [5, 5.41) is 6.37. The van der Waals surface area contributed by atoms with Crippen LogP contribution in [-0.4, -0.2) is 37.5 Å². The van der Waals surface area contributed by atoms with Crippen molar-refractivity contribution in [3.63, 3.8) is 0 Å². The first-order valence-electron chi connectivity index (χ1n) is 8.31. The molecular formula is C18H19F3N6. The molecule has 142 valence electrons. The quantitative estimate of drug-likeness (QED) is 0.677. The van der Waals surface area contributed by atoms with Crippen LogP contribution in [0.5, 0.6) is 0 Å². The lowest BCUT2D eigenvalue weighted by atomic mass is 10.1. The number of rotatable bonds is 4. The van der Waals surface area contributed by atoms with Gasteiger partial charge in [-0.15, -0.1) is 5.10 Å². The number of halogens is 3. The Morgan fingerprint density at radius 3 is 2.59 bits per heavy atom. The van der Waals surface area contributed by atoms with Gasteiger partial charge >= 0.3 is 6.18 Å². The minimum Gasteiger partial charge on any atom is -0.341 e. The molecule has 3 aromatic rings. The summed E-state index contributed by atoms with van der Waals surface area (Å²) in [7, 11) is 0. The van der Waals surface area contributed by atoms with Gasteiger partial charge in [0.2, 0.25) is 5.95 Å². The Kier molecular flexibility index (Phi) is 4.86. The van der Waals surface area contributed by atoms with Gasteiger partial charge in [0.05, 0.1) is 11.7 Å². The maximum atomic E-state index is 12.7. The maximum Gasteiger partial charge on any atom is 0.408 e. The van der Waals surface area contributed by atoms with Crippen molar-refractivity contribution in [2.75, 3.05) is 5.32 Å². The standard InChI is InChI=1S/C18H19F3N6/c1-10(2)24-16-11(3)7-13(8-22-16)14-5-6-27-15(14)9-23-17(26-27)25-12(4)18(19,20)21/h5-9,12H,1-4H3,(H,25,26)/t12-/m1/s1. The largest absolute Gasteiger partial charge is 0.408 e. The lowest BCUT2D eigenvalue weighted by Crippen LogP contribution is -2.33. The van der Waals surface area contributed by atoms with Crippen LogP contribution in [0.3, 0.4) is 0 Å². The van der Waals surface area contributed by atoms with E-state index in [1.165, 1.54) is 10.7 Å². The van der Waals surface area contributed by atoms with E-state index < -0.39 is 12.2 Å². The molecule has 0 spiro atoms. The molecule has 3 rings (SSSR count). The topological polar surface area (TPSA) is 67.5 Å². The molecule has 1 N–H and O–H groups in total. The SMILES string of the molecule is CC(C)=Nc1ncc(-c2ccn3nc(N[C@H](C)C(F)(F)F)ncc23)cc1C. The molecule has 0 aliphatic heterocycles. The van der Waals surface area contributed by atoms with Crippen molar-refractivity contribution in [2.45, 2.75) is 39.9 Å². The van der Waals surface area contributed by atoms with Gasteiger partial charge in [0.25, 0.3) is 0 Å². The minimum absolute atomic E-state index is 0.0908. The molecule has 0 saturated carbocycles. The van der Waals surface area contributed by atoms with Gasteiger partial charge in [0.1, 0.15) is 6.04 Å². The van der Waals surface area contributed by atoms with E-state index in [2.05, 4.69) is 25.4 Å². The number of aromatic nitrogens is 4. The number of hydrogen-bond acceptors (Lipinski definition) is 5. The van der Waals surface area contributed by atoms with Gasteiger partial charge in [-0.05, 0) is 45.4 Å². The Balaban J connectivity index is 1.93. The molecule has 0 aromatic carbocycles. The predicted molar refractivity (Wildman–Crippen MR) is 98.5 cm³/mol. The van der Waals surface area contributed by atoms with Crippen molar-refractivity contribution < 1.29 is 13.2 Å². The van der Waals surface area contributed by atoms with Gasteiger partial charge in [-0.3, -0.25) is 0 Å². The highest BCUT2D eigenvalue weighted by Gasteiger charge is 2.36. The first-order chi connectivity index (χ1) is 12.6. The van der Waals surface area contributed by atoms with Crippen LogP contribution < -0.4 is 5.32 Å². The molecule has 0 bridgehead atoms. The molecule has 0 radical (unpaired) electrons. The number of hydrogen-bond donors (Lipinski definition) is 1. The fraction of sp³-hybridized carbons (Fsp3) is 0.333.